The van der Waals surface area contributed by atoms with E-state index in [-0.39, 0.29) is 5.54 Å². The Hall–Kier alpha value is -1.12. The molecular formula is C16H22NO. The fourth-order valence-corrected chi connectivity index (χ4v) is 2.73. The summed E-state index contributed by atoms with van der Waals surface area (Å²) in [7, 11) is 0. The third kappa shape index (κ3) is 2.36. The molecule has 1 saturated heterocycles. The lowest BCUT2D eigenvalue weighted by atomic mass is 9.77. The first-order valence-corrected chi connectivity index (χ1v) is 6.57. The van der Waals surface area contributed by atoms with E-state index >= 15 is 0 Å². The summed E-state index contributed by atoms with van der Waals surface area (Å²) in [5.41, 5.74) is 1.71. The van der Waals surface area contributed by atoms with E-state index in [9.17, 15) is 5.21 Å². The largest absolute Gasteiger partial charge is 0.140 e. The van der Waals surface area contributed by atoms with Crippen molar-refractivity contribution in [2.24, 2.45) is 0 Å². The standard InChI is InChI=1S/C16H22NO/c1-15(2)11-10-14(16(3,4)17(15)18)12-13-8-6-5-7-9-13/h5-9,12H,10-11H2,1-4H3. The minimum Gasteiger partial charge on any atom is -0.140 e. The molecule has 0 atom stereocenters. The fourth-order valence-electron chi connectivity index (χ4n) is 2.73. The van der Waals surface area contributed by atoms with Gasteiger partial charge in [0.05, 0.1) is 5.54 Å². The monoisotopic (exact) mass is 244 g/mol. The molecule has 0 aromatic heterocycles. The van der Waals surface area contributed by atoms with Gasteiger partial charge in [-0.25, -0.2) is 0 Å². The molecule has 1 aliphatic rings. The second-order valence-electron chi connectivity index (χ2n) is 6.25. The SMILES string of the molecule is CC1(C)CCC(=Cc2ccccc2)C(C)(C)N1[O]. The van der Waals surface area contributed by atoms with E-state index in [1.165, 1.54) is 16.2 Å². The summed E-state index contributed by atoms with van der Waals surface area (Å²) in [5, 5.41) is 13.7. The molecule has 0 N–H and O–H groups in total. The van der Waals surface area contributed by atoms with Gasteiger partial charge in [0.2, 0.25) is 0 Å². The second-order valence-corrected chi connectivity index (χ2v) is 6.25. The van der Waals surface area contributed by atoms with Crippen LogP contribution in [0, 0.1) is 0 Å². The smallest absolute Gasteiger partial charge is 0.0655 e. The number of hydrogen-bond acceptors (Lipinski definition) is 1. The Morgan fingerprint density at radius 2 is 1.72 bits per heavy atom. The molecule has 0 saturated carbocycles. The average molecular weight is 244 g/mol. The molecule has 1 radical (unpaired) electrons. The summed E-state index contributed by atoms with van der Waals surface area (Å²) >= 11 is 0. The zero-order valence-electron chi connectivity index (χ0n) is 11.7. The maximum atomic E-state index is 12.4. The minimum atomic E-state index is -0.419. The predicted octanol–water partition coefficient (Wildman–Crippen LogP) is 4.07. The summed E-state index contributed by atoms with van der Waals surface area (Å²) in [6.45, 7) is 8.10. The Bertz CT molecular complexity index is 445. The van der Waals surface area contributed by atoms with Crippen molar-refractivity contribution in [2.75, 3.05) is 0 Å². The number of piperidine rings is 1. The van der Waals surface area contributed by atoms with Gasteiger partial charge in [-0.3, -0.25) is 0 Å². The van der Waals surface area contributed by atoms with Crippen LogP contribution in [-0.4, -0.2) is 16.1 Å². The summed E-state index contributed by atoms with van der Waals surface area (Å²) in [6, 6.07) is 10.2. The van der Waals surface area contributed by atoms with E-state index in [0.717, 1.165) is 12.8 Å². The van der Waals surface area contributed by atoms with Gasteiger partial charge in [-0.2, -0.15) is 0 Å². The highest BCUT2D eigenvalue weighted by Gasteiger charge is 2.44. The van der Waals surface area contributed by atoms with Crippen LogP contribution >= 0.6 is 0 Å². The lowest BCUT2D eigenvalue weighted by molar-refractivity contribution is -0.272. The number of hydrogen-bond donors (Lipinski definition) is 0. The molecule has 97 valence electrons. The third-order valence-electron chi connectivity index (χ3n) is 3.99. The lowest BCUT2D eigenvalue weighted by Crippen LogP contribution is -2.56. The fraction of sp³-hybridized carbons (Fsp3) is 0.500. The van der Waals surface area contributed by atoms with Gasteiger partial charge in [0.15, 0.2) is 0 Å². The van der Waals surface area contributed by atoms with E-state index < -0.39 is 5.54 Å². The first-order valence-electron chi connectivity index (χ1n) is 6.57. The number of rotatable bonds is 1. The molecule has 1 aromatic rings. The molecule has 1 heterocycles. The molecular weight excluding hydrogens is 222 g/mol. The highest BCUT2D eigenvalue weighted by atomic mass is 16.5. The third-order valence-corrected chi connectivity index (χ3v) is 3.99. The van der Waals surface area contributed by atoms with Crippen molar-refractivity contribution in [2.45, 2.75) is 51.6 Å². The van der Waals surface area contributed by atoms with E-state index in [1.54, 1.807) is 0 Å². The average Bonchev–Trinajstić information content (AvgIpc) is 2.33. The summed E-state index contributed by atoms with van der Waals surface area (Å²) in [5.74, 6) is 0. The topological polar surface area (TPSA) is 23.1 Å². The summed E-state index contributed by atoms with van der Waals surface area (Å²) in [4.78, 5) is 0. The molecule has 0 amide bonds. The van der Waals surface area contributed by atoms with Crippen molar-refractivity contribution >= 4 is 6.08 Å². The van der Waals surface area contributed by atoms with Crippen molar-refractivity contribution < 1.29 is 5.21 Å². The quantitative estimate of drug-likeness (QED) is 0.730. The number of hydroxylamine groups is 2. The van der Waals surface area contributed by atoms with Crippen LogP contribution < -0.4 is 0 Å². The van der Waals surface area contributed by atoms with Gasteiger partial charge < -0.3 is 0 Å². The van der Waals surface area contributed by atoms with E-state index in [4.69, 9.17) is 0 Å². The molecule has 18 heavy (non-hydrogen) atoms. The number of nitrogens with zero attached hydrogens (tertiary/aromatic N) is 1. The molecule has 0 bridgehead atoms. The first kappa shape index (κ1) is 13.3. The Kier molecular flexibility index (Phi) is 3.35. The van der Waals surface area contributed by atoms with Crippen molar-refractivity contribution in [3.63, 3.8) is 0 Å². The minimum absolute atomic E-state index is 0.266. The van der Waals surface area contributed by atoms with Crippen LogP contribution in [0.15, 0.2) is 35.9 Å². The molecule has 0 aliphatic carbocycles. The molecule has 2 nitrogen and oxygen atoms in total. The summed E-state index contributed by atoms with van der Waals surface area (Å²) < 4.78 is 0. The molecule has 2 rings (SSSR count). The van der Waals surface area contributed by atoms with Crippen molar-refractivity contribution in [3.8, 4) is 0 Å². The molecule has 0 spiro atoms. The Labute approximate surface area is 110 Å². The van der Waals surface area contributed by atoms with Crippen LogP contribution in [0.1, 0.15) is 46.1 Å². The van der Waals surface area contributed by atoms with Gasteiger partial charge in [-0.1, -0.05) is 36.4 Å². The molecule has 1 aliphatic heterocycles. The zero-order valence-corrected chi connectivity index (χ0v) is 11.7. The van der Waals surface area contributed by atoms with Crippen LogP contribution in [0.25, 0.3) is 6.08 Å². The van der Waals surface area contributed by atoms with Gasteiger partial charge >= 0.3 is 0 Å². The van der Waals surface area contributed by atoms with Crippen LogP contribution in [0.3, 0.4) is 0 Å². The van der Waals surface area contributed by atoms with Crippen LogP contribution in [-0.2, 0) is 5.21 Å². The molecule has 1 fully saturated rings. The van der Waals surface area contributed by atoms with Crippen molar-refractivity contribution in [3.05, 3.63) is 41.5 Å². The maximum absolute atomic E-state index is 12.4. The molecule has 2 heteroatoms. The summed E-state index contributed by atoms with van der Waals surface area (Å²) in [6.07, 6.45) is 4.08. The Balaban J connectivity index is 2.33. The van der Waals surface area contributed by atoms with Gasteiger partial charge in [-0.05, 0) is 51.7 Å². The van der Waals surface area contributed by atoms with Gasteiger partial charge in [-0.15, -0.1) is 10.3 Å². The van der Waals surface area contributed by atoms with Crippen LogP contribution in [0.5, 0.6) is 0 Å². The second kappa shape index (κ2) is 4.52. The molecule has 0 unspecified atom stereocenters. The normalized spacial score (nSPS) is 25.3. The highest BCUT2D eigenvalue weighted by molar-refractivity contribution is 5.55. The Morgan fingerprint density at radius 1 is 1.11 bits per heavy atom. The first-order chi connectivity index (χ1) is 8.34. The van der Waals surface area contributed by atoms with Gasteiger partial charge in [0.25, 0.3) is 0 Å². The maximum Gasteiger partial charge on any atom is 0.0655 e. The van der Waals surface area contributed by atoms with E-state index in [0.29, 0.717) is 0 Å². The Morgan fingerprint density at radius 3 is 2.33 bits per heavy atom. The highest BCUT2D eigenvalue weighted by Crippen LogP contribution is 2.41. The van der Waals surface area contributed by atoms with Crippen LogP contribution in [0.4, 0.5) is 0 Å². The van der Waals surface area contributed by atoms with Crippen LogP contribution in [0.2, 0.25) is 0 Å². The van der Waals surface area contributed by atoms with Crippen molar-refractivity contribution in [1.82, 2.24) is 5.06 Å². The van der Waals surface area contributed by atoms with E-state index in [1.807, 2.05) is 45.9 Å². The lowest BCUT2D eigenvalue weighted by Gasteiger charge is -2.48. The van der Waals surface area contributed by atoms with E-state index in [2.05, 4.69) is 18.2 Å². The van der Waals surface area contributed by atoms with Gasteiger partial charge in [0.1, 0.15) is 0 Å². The molecule has 1 aromatic carbocycles. The number of benzene rings is 1. The predicted molar refractivity (Wildman–Crippen MR) is 74.3 cm³/mol. The zero-order chi connectivity index (χ0) is 13.4. The van der Waals surface area contributed by atoms with Crippen molar-refractivity contribution in [1.29, 1.82) is 0 Å². The van der Waals surface area contributed by atoms with Gasteiger partial charge in [0, 0.05) is 5.54 Å².